The smallest absolute Gasteiger partial charge is 0.349 e. The first-order chi connectivity index (χ1) is 9.86. The molecule has 0 bridgehead atoms. The van der Waals surface area contributed by atoms with E-state index >= 15 is 0 Å². The Morgan fingerprint density at radius 1 is 1.38 bits per heavy atom. The number of hydrogen-bond acceptors (Lipinski definition) is 4. The summed E-state index contributed by atoms with van der Waals surface area (Å²) in [5, 5.41) is 12.0. The number of amides is 1. The second-order valence-electron chi connectivity index (χ2n) is 5.21. The molecule has 1 atom stereocenters. The normalized spacial score (nSPS) is 12.2. The first-order valence-electron chi connectivity index (χ1n) is 7.18. The molecule has 118 valence electrons. The highest BCUT2D eigenvalue weighted by Crippen LogP contribution is 2.34. The average molecular weight is 313 g/mol. The Morgan fingerprint density at radius 2 is 2.05 bits per heavy atom. The molecular formula is C15H23NO4S. The van der Waals surface area contributed by atoms with Gasteiger partial charge in [0.1, 0.15) is 5.75 Å². The van der Waals surface area contributed by atoms with Gasteiger partial charge in [0.25, 0.3) is 5.91 Å². The minimum atomic E-state index is -1.03. The van der Waals surface area contributed by atoms with E-state index in [1.54, 1.807) is 13.0 Å². The van der Waals surface area contributed by atoms with Crippen molar-refractivity contribution in [3.63, 3.8) is 0 Å². The number of unbranched alkanes of at least 4 members (excludes halogenated alkanes) is 1. The monoisotopic (exact) mass is 313 g/mol. The van der Waals surface area contributed by atoms with Crippen molar-refractivity contribution in [3.05, 3.63) is 15.8 Å². The Hall–Kier alpha value is -1.56. The van der Waals surface area contributed by atoms with Gasteiger partial charge in [-0.25, -0.2) is 4.79 Å². The van der Waals surface area contributed by atoms with Crippen LogP contribution in [-0.2, 0) is 4.79 Å². The van der Waals surface area contributed by atoms with Crippen molar-refractivity contribution >= 4 is 23.2 Å². The number of carbonyl (C=O) groups is 2. The third-order valence-electron chi connectivity index (χ3n) is 2.98. The summed E-state index contributed by atoms with van der Waals surface area (Å²) in [6.45, 7) is 8.25. The molecule has 5 nitrogen and oxygen atoms in total. The summed E-state index contributed by atoms with van der Waals surface area (Å²) in [6.07, 6.45) is 1.20. The van der Waals surface area contributed by atoms with Crippen molar-refractivity contribution in [2.24, 2.45) is 0 Å². The maximum atomic E-state index is 11.9. The van der Waals surface area contributed by atoms with E-state index in [0.29, 0.717) is 6.54 Å². The maximum Gasteiger partial charge on any atom is 0.349 e. The van der Waals surface area contributed by atoms with Crippen molar-refractivity contribution in [1.82, 2.24) is 5.32 Å². The zero-order valence-electron chi connectivity index (χ0n) is 12.9. The van der Waals surface area contributed by atoms with E-state index in [9.17, 15) is 14.7 Å². The van der Waals surface area contributed by atoms with E-state index in [4.69, 9.17) is 4.74 Å². The van der Waals surface area contributed by atoms with Crippen LogP contribution in [0.3, 0.4) is 0 Å². The first kappa shape index (κ1) is 17.5. The van der Waals surface area contributed by atoms with Crippen LogP contribution < -0.4 is 10.1 Å². The van der Waals surface area contributed by atoms with Crippen molar-refractivity contribution in [1.29, 1.82) is 0 Å². The van der Waals surface area contributed by atoms with E-state index in [-0.39, 0.29) is 22.5 Å². The zero-order chi connectivity index (χ0) is 16.0. The second kappa shape index (κ2) is 8.02. The standard InChI is InChI=1S/C15H23NO4S/c1-5-6-7-16-14(17)10(4)20-11-8-12(9(2)3)21-13(11)15(18)19/h8-10H,5-7H2,1-4H3,(H,16,17)(H,18,19). The highest BCUT2D eigenvalue weighted by atomic mass is 32.1. The van der Waals surface area contributed by atoms with E-state index in [2.05, 4.69) is 5.32 Å². The van der Waals surface area contributed by atoms with Gasteiger partial charge >= 0.3 is 5.97 Å². The van der Waals surface area contributed by atoms with Crippen LogP contribution in [-0.4, -0.2) is 29.6 Å². The molecule has 1 heterocycles. The van der Waals surface area contributed by atoms with Crippen molar-refractivity contribution in [2.75, 3.05) is 6.54 Å². The molecule has 1 rings (SSSR count). The molecule has 0 aliphatic rings. The average Bonchev–Trinajstić information content (AvgIpc) is 2.83. The Bertz CT molecular complexity index is 496. The summed E-state index contributed by atoms with van der Waals surface area (Å²) in [4.78, 5) is 24.2. The van der Waals surface area contributed by atoms with Gasteiger partial charge in [-0.15, -0.1) is 11.3 Å². The molecule has 0 saturated carbocycles. The fourth-order valence-corrected chi connectivity index (χ4v) is 2.62. The molecule has 0 aliphatic heterocycles. The van der Waals surface area contributed by atoms with Gasteiger partial charge in [-0.2, -0.15) is 0 Å². The first-order valence-corrected chi connectivity index (χ1v) is 7.99. The molecule has 0 saturated heterocycles. The molecule has 6 heteroatoms. The molecule has 1 aromatic heterocycles. The molecule has 2 N–H and O–H groups in total. The summed E-state index contributed by atoms with van der Waals surface area (Å²) >= 11 is 1.19. The van der Waals surface area contributed by atoms with Gasteiger partial charge in [0.2, 0.25) is 0 Å². The highest BCUT2D eigenvalue weighted by Gasteiger charge is 2.22. The van der Waals surface area contributed by atoms with Gasteiger partial charge in [0, 0.05) is 11.4 Å². The van der Waals surface area contributed by atoms with Gasteiger partial charge in [0.05, 0.1) is 0 Å². The molecule has 0 fully saturated rings. The molecule has 0 radical (unpaired) electrons. The topological polar surface area (TPSA) is 75.6 Å². The SMILES string of the molecule is CCCCNC(=O)C(C)Oc1cc(C(C)C)sc1C(=O)O. The van der Waals surface area contributed by atoms with Crippen LogP contribution in [0.4, 0.5) is 0 Å². The number of nitrogens with one attached hydrogen (secondary N) is 1. The van der Waals surface area contributed by atoms with Gasteiger partial charge < -0.3 is 15.2 Å². The molecule has 0 spiro atoms. The Morgan fingerprint density at radius 3 is 2.57 bits per heavy atom. The quantitative estimate of drug-likeness (QED) is 0.722. The van der Waals surface area contributed by atoms with Gasteiger partial charge in [-0.05, 0) is 25.3 Å². The summed E-state index contributed by atoms with van der Waals surface area (Å²) in [5.41, 5.74) is 0. The fraction of sp³-hybridized carbons (Fsp3) is 0.600. The number of aromatic carboxylic acids is 1. The largest absolute Gasteiger partial charge is 0.479 e. The molecular weight excluding hydrogens is 290 g/mol. The summed E-state index contributed by atoms with van der Waals surface area (Å²) in [7, 11) is 0. The molecule has 1 aromatic rings. The lowest BCUT2D eigenvalue weighted by atomic mass is 10.2. The summed E-state index contributed by atoms with van der Waals surface area (Å²) in [5.74, 6) is -0.758. The Labute approximate surface area is 129 Å². The van der Waals surface area contributed by atoms with Crippen LogP contribution in [0, 0.1) is 0 Å². The van der Waals surface area contributed by atoms with Crippen molar-refractivity contribution < 1.29 is 19.4 Å². The predicted octanol–water partition coefficient (Wildman–Crippen LogP) is 3.25. The second-order valence-corrected chi connectivity index (χ2v) is 6.29. The van der Waals surface area contributed by atoms with Gasteiger partial charge in [-0.3, -0.25) is 4.79 Å². The number of rotatable bonds is 8. The Balaban J connectivity index is 2.76. The van der Waals surface area contributed by atoms with Crippen molar-refractivity contribution in [2.45, 2.75) is 52.6 Å². The van der Waals surface area contributed by atoms with E-state index < -0.39 is 12.1 Å². The lowest BCUT2D eigenvalue weighted by Gasteiger charge is -2.14. The molecule has 1 amide bonds. The third kappa shape index (κ3) is 5.04. The lowest BCUT2D eigenvalue weighted by molar-refractivity contribution is -0.127. The van der Waals surface area contributed by atoms with Crippen LogP contribution in [0.5, 0.6) is 5.75 Å². The van der Waals surface area contributed by atoms with E-state index in [1.807, 2.05) is 20.8 Å². The minimum absolute atomic E-state index is 0.145. The molecule has 21 heavy (non-hydrogen) atoms. The van der Waals surface area contributed by atoms with Crippen LogP contribution in [0.15, 0.2) is 6.07 Å². The molecule has 1 unspecified atom stereocenters. The number of ether oxygens (including phenoxy) is 1. The van der Waals surface area contributed by atoms with Crippen molar-refractivity contribution in [3.8, 4) is 5.75 Å². The summed E-state index contributed by atoms with van der Waals surface area (Å²) in [6, 6.07) is 1.72. The number of carbonyl (C=O) groups excluding carboxylic acids is 1. The minimum Gasteiger partial charge on any atom is -0.479 e. The Kier molecular flexibility index (Phi) is 6.68. The number of hydrogen-bond donors (Lipinski definition) is 2. The predicted molar refractivity (Wildman–Crippen MR) is 83.4 cm³/mol. The van der Waals surface area contributed by atoms with E-state index in [0.717, 1.165) is 17.7 Å². The van der Waals surface area contributed by atoms with Crippen LogP contribution in [0.25, 0.3) is 0 Å². The zero-order valence-corrected chi connectivity index (χ0v) is 13.8. The van der Waals surface area contributed by atoms with Gasteiger partial charge in [0.15, 0.2) is 11.0 Å². The number of thiophene rings is 1. The van der Waals surface area contributed by atoms with Gasteiger partial charge in [-0.1, -0.05) is 27.2 Å². The highest BCUT2D eigenvalue weighted by molar-refractivity contribution is 7.14. The van der Waals surface area contributed by atoms with E-state index in [1.165, 1.54) is 11.3 Å². The fourth-order valence-electron chi connectivity index (χ4n) is 1.69. The van der Waals surface area contributed by atoms with Crippen LogP contribution in [0.2, 0.25) is 0 Å². The maximum absolute atomic E-state index is 11.9. The lowest BCUT2D eigenvalue weighted by Crippen LogP contribution is -2.36. The third-order valence-corrected chi connectivity index (χ3v) is 4.39. The number of carboxylic acids is 1. The number of carboxylic acid groups (broad SMARTS) is 1. The molecule has 0 aromatic carbocycles. The van der Waals surface area contributed by atoms with Crippen LogP contribution in [0.1, 0.15) is 61.0 Å². The summed E-state index contributed by atoms with van der Waals surface area (Å²) < 4.78 is 5.55. The molecule has 0 aliphatic carbocycles. The van der Waals surface area contributed by atoms with Crippen LogP contribution >= 0.6 is 11.3 Å².